The summed E-state index contributed by atoms with van der Waals surface area (Å²) in [5.74, 6) is -0.776. The minimum Gasteiger partial charge on any atom is -0.379 e. The van der Waals surface area contributed by atoms with Crippen LogP contribution in [0.25, 0.3) is 16.7 Å². The van der Waals surface area contributed by atoms with Crippen LogP contribution in [0.3, 0.4) is 0 Å². The molecular weight excluding hydrogens is 530 g/mol. The maximum Gasteiger partial charge on any atom is 0.267 e. The molecule has 1 saturated heterocycles. The van der Waals surface area contributed by atoms with Crippen LogP contribution in [0.1, 0.15) is 44.0 Å². The van der Waals surface area contributed by atoms with Gasteiger partial charge in [-0.25, -0.2) is 4.98 Å². The van der Waals surface area contributed by atoms with Gasteiger partial charge in [-0.3, -0.25) is 29.1 Å². The average Bonchev–Trinajstić information content (AvgIpc) is 3.34. The van der Waals surface area contributed by atoms with Crippen molar-refractivity contribution in [2.24, 2.45) is 0 Å². The molecule has 4 aromatic heterocycles. The summed E-state index contributed by atoms with van der Waals surface area (Å²) < 4.78 is 8.55. The summed E-state index contributed by atoms with van der Waals surface area (Å²) in [6.45, 7) is 3.83. The van der Waals surface area contributed by atoms with Gasteiger partial charge < -0.3 is 19.9 Å². The quantitative estimate of drug-likeness (QED) is 0.309. The van der Waals surface area contributed by atoms with Gasteiger partial charge in [-0.2, -0.15) is 0 Å². The predicted octanol–water partition coefficient (Wildman–Crippen LogP) is 2.01. The Morgan fingerprint density at radius 1 is 1.12 bits per heavy atom. The Bertz CT molecular complexity index is 1750. The molecule has 5 heterocycles. The van der Waals surface area contributed by atoms with Crippen molar-refractivity contribution in [2.45, 2.75) is 32.2 Å². The molecule has 0 bridgehead atoms. The molecule has 4 aromatic rings. The van der Waals surface area contributed by atoms with Crippen LogP contribution in [-0.2, 0) is 24.1 Å². The highest BCUT2D eigenvalue weighted by Gasteiger charge is 2.27. The number of nitrogens with zero attached hydrogens (tertiary/aromatic N) is 4. The minimum atomic E-state index is -0.534. The molecule has 2 amide bonds. The van der Waals surface area contributed by atoms with E-state index in [1.807, 2.05) is 0 Å². The van der Waals surface area contributed by atoms with Gasteiger partial charge in [-0.1, -0.05) is 6.07 Å². The lowest BCUT2D eigenvalue weighted by atomic mass is 9.95. The van der Waals surface area contributed by atoms with Crippen molar-refractivity contribution in [3.63, 3.8) is 0 Å². The second kappa shape index (κ2) is 11.0. The van der Waals surface area contributed by atoms with Crippen molar-refractivity contribution in [1.82, 2.24) is 24.2 Å². The molecule has 0 atom stereocenters. The Morgan fingerprint density at radius 2 is 1.93 bits per heavy atom. The molecule has 0 aromatic carbocycles. The van der Waals surface area contributed by atoms with Crippen LogP contribution < -0.4 is 21.7 Å². The number of rotatable bonds is 6. The lowest BCUT2D eigenvalue weighted by Gasteiger charge is -2.27. The number of hydrogen-bond donors (Lipinski definition) is 3. The monoisotopic (exact) mass is 561 g/mol. The highest BCUT2D eigenvalue weighted by atomic mass is 32.1. The number of carbonyl (C=O) groups is 2. The minimum absolute atomic E-state index is 0.0340. The number of anilines is 1. The molecule has 2 aliphatic rings. The van der Waals surface area contributed by atoms with Crippen molar-refractivity contribution in [1.29, 1.82) is 5.41 Å². The van der Waals surface area contributed by atoms with E-state index >= 15 is 0 Å². The van der Waals surface area contributed by atoms with Gasteiger partial charge in [0, 0.05) is 44.3 Å². The van der Waals surface area contributed by atoms with E-state index in [-0.39, 0.29) is 27.9 Å². The molecule has 0 radical (unpaired) electrons. The highest BCUT2D eigenvalue weighted by molar-refractivity contribution is 7.17. The third-order valence-corrected chi connectivity index (χ3v) is 8.87. The summed E-state index contributed by atoms with van der Waals surface area (Å²) in [7, 11) is 1.58. The molecule has 1 aliphatic carbocycles. The van der Waals surface area contributed by atoms with Gasteiger partial charge in [0.05, 0.1) is 29.7 Å². The summed E-state index contributed by atoms with van der Waals surface area (Å²) >= 11 is 1.42. The third-order valence-electron chi connectivity index (χ3n) is 7.66. The fraction of sp³-hybridized carbons (Fsp3) is 0.393. The van der Waals surface area contributed by atoms with Gasteiger partial charge in [0.2, 0.25) is 0 Å². The first-order chi connectivity index (χ1) is 19.5. The molecule has 6 rings (SSSR count). The number of aromatic nitrogens is 3. The number of amides is 2. The number of ether oxygens (including phenoxy) is 1. The molecular formula is C28H31N7O4S. The van der Waals surface area contributed by atoms with E-state index in [2.05, 4.69) is 15.5 Å². The maximum absolute atomic E-state index is 13.8. The Hall–Kier alpha value is -3.87. The SMILES string of the molecule is CNC(=O)c1c(NC(=O)c2cc3c(=O)n4ccccc4nc3n(CCN3CCOCC3)c2=N)sc2c1CCCC2. The van der Waals surface area contributed by atoms with E-state index in [9.17, 15) is 14.4 Å². The van der Waals surface area contributed by atoms with Crippen molar-refractivity contribution < 1.29 is 14.3 Å². The number of aryl methyl sites for hydroxylation is 1. The van der Waals surface area contributed by atoms with E-state index in [0.29, 0.717) is 48.2 Å². The third kappa shape index (κ3) is 4.72. The van der Waals surface area contributed by atoms with Crippen LogP contribution in [-0.4, -0.2) is 70.6 Å². The summed E-state index contributed by atoms with van der Waals surface area (Å²) in [4.78, 5) is 48.2. The molecule has 3 N–H and O–H groups in total. The fourth-order valence-electron chi connectivity index (χ4n) is 5.53. The second-order valence-electron chi connectivity index (χ2n) is 10.0. The number of pyridine rings is 2. The van der Waals surface area contributed by atoms with Gasteiger partial charge >= 0.3 is 0 Å². The van der Waals surface area contributed by atoms with Crippen LogP contribution in [0, 0.1) is 5.41 Å². The van der Waals surface area contributed by atoms with Gasteiger partial charge in [-0.05, 0) is 49.4 Å². The Morgan fingerprint density at radius 3 is 2.73 bits per heavy atom. The summed E-state index contributed by atoms with van der Waals surface area (Å²) in [5, 5.41) is 15.4. The summed E-state index contributed by atoms with van der Waals surface area (Å²) in [6, 6.07) is 6.76. The molecule has 11 nitrogen and oxygen atoms in total. The normalized spacial score (nSPS) is 15.7. The Balaban J connectivity index is 1.45. The zero-order valence-corrected chi connectivity index (χ0v) is 23.1. The maximum atomic E-state index is 13.8. The molecule has 0 spiro atoms. The predicted molar refractivity (Wildman–Crippen MR) is 152 cm³/mol. The number of morpholine rings is 1. The van der Waals surface area contributed by atoms with Crippen LogP contribution in [0.15, 0.2) is 35.3 Å². The number of thiophene rings is 1. The summed E-state index contributed by atoms with van der Waals surface area (Å²) in [5.41, 5.74) is 2.03. The molecule has 12 heteroatoms. The van der Waals surface area contributed by atoms with Crippen LogP contribution in [0.4, 0.5) is 5.00 Å². The number of hydrogen-bond acceptors (Lipinski definition) is 8. The molecule has 0 unspecified atom stereocenters. The number of fused-ring (bicyclic) bond motifs is 3. The largest absolute Gasteiger partial charge is 0.379 e. The van der Waals surface area contributed by atoms with Crippen LogP contribution in [0.5, 0.6) is 0 Å². The Kier molecular flexibility index (Phi) is 7.22. The van der Waals surface area contributed by atoms with Gasteiger partial charge in [0.15, 0.2) is 0 Å². The highest BCUT2D eigenvalue weighted by Crippen LogP contribution is 2.38. The van der Waals surface area contributed by atoms with Gasteiger partial charge in [-0.15, -0.1) is 11.3 Å². The van der Waals surface area contributed by atoms with Crippen molar-refractivity contribution in [2.75, 3.05) is 45.2 Å². The molecule has 1 fully saturated rings. The van der Waals surface area contributed by atoms with Crippen LogP contribution >= 0.6 is 11.3 Å². The number of nitrogens with one attached hydrogen (secondary N) is 3. The second-order valence-corrected chi connectivity index (χ2v) is 11.1. The zero-order chi connectivity index (χ0) is 27.8. The van der Waals surface area contributed by atoms with E-state index < -0.39 is 5.91 Å². The van der Waals surface area contributed by atoms with E-state index in [0.717, 1.165) is 49.2 Å². The topological polar surface area (TPSA) is 134 Å². The summed E-state index contributed by atoms with van der Waals surface area (Å²) in [6.07, 6.45) is 5.35. The van der Waals surface area contributed by atoms with E-state index in [1.54, 1.807) is 36.0 Å². The van der Waals surface area contributed by atoms with Crippen molar-refractivity contribution in [3.8, 4) is 0 Å². The Labute approximate surface area is 233 Å². The van der Waals surface area contributed by atoms with Crippen molar-refractivity contribution in [3.05, 3.63) is 67.9 Å². The first kappa shape index (κ1) is 26.4. The molecule has 40 heavy (non-hydrogen) atoms. The first-order valence-electron chi connectivity index (χ1n) is 13.5. The van der Waals surface area contributed by atoms with Gasteiger partial charge in [0.25, 0.3) is 17.4 Å². The lowest BCUT2D eigenvalue weighted by molar-refractivity contribution is 0.0363. The molecule has 0 saturated carbocycles. The smallest absolute Gasteiger partial charge is 0.267 e. The van der Waals surface area contributed by atoms with E-state index in [1.165, 1.54) is 21.8 Å². The molecule has 208 valence electrons. The van der Waals surface area contributed by atoms with E-state index in [4.69, 9.17) is 15.1 Å². The van der Waals surface area contributed by atoms with Crippen LogP contribution in [0.2, 0.25) is 0 Å². The standard InChI is InChI=1S/C28H31N7O4S/c1-30-26(37)22-17-6-2-3-7-20(17)40-27(22)32-25(36)18-16-19-24(31-21-8-4-5-9-34(21)28(19)38)35(23(18)29)11-10-33-12-14-39-15-13-33/h4-5,8-9,16,29H,2-3,6-7,10-15H2,1H3,(H,30,37)(H,32,36). The first-order valence-corrected chi connectivity index (χ1v) is 14.4. The average molecular weight is 562 g/mol. The number of carbonyl (C=O) groups excluding carboxylic acids is 2. The molecule has 1 aliphatic heterocycles. The van der Waals surface area contributed by atoms with Gasteiger partial charge in [0.1, 0.15) is 21.8 Å². The zero-order valence-electron chi connectivity index (χ0n) is 22.3. The lowest BCUT2D eigenvalue weighted by Crippen LogP contribution is -2.40. The fourth-order valence-corrected chi connectivity index (χ4v) is 6.82. The van der Waals surface area contributed by atoms with Crippen molar-refractivity contribution >= 4 is 44.8 Å².